The highest BCUT2D eigenvalue weighted by molar-refractivity contribution is 6.55. The van der Waals surface area contributed by atoms with Gasteiger partial charge in [-0.1, -0.05) is 23.2 Å². The van der Waals surface area contributed by atoms with E-state index in [2.05, 4.69) is 29.4 Å². The summed E-state index contributed by atoms with van der Waals surface area (Å²) < 4.78 is 0. The molecule has 0 aromatic heterocycles. The van der Waals surface area contributed by atoms with E-state index >= 15 is 0 Å². The molecule has 0 amide bonds. The van der Waals surface area contributed by atoms with E-state index < -0.39 is 33.1 Å². The number of rotatable bonds is 0. The Bertz CT molecular complexity index is 680. The highest BCUT2D eigenvalue weighted by Crippen LogP contribution is 2.23. The lowest BCUT2D eigenvalue weighted by Gasteiger charge is -2.53. The molecule has 8 bridgehead atoms. The predicted octanol–water partition coefficient (Wildman–Crippen LogP) is -9.41. The Labute approximate surface area is 217 Å². The normalized spacial score (nSPS) is 38.4. The van der Waals surface area contributed by atoms with Crippen LogP contribution in [0.1, 0.15) is 0 Å². The molecule has 18 heteroatoms. The number of hydrogen-bond acceptors (Lipinski definition) is 10. The summed E-state index contributed by atoms with van der Waals surface area (Å²) in [6.07, 6.45) is 0. The summed E-state index contributed by atoms with van der Waals surface area (Å²) in [5.74, 6) is -4.92. The molecule has 8 saturated heterocycles. The van der Waals surface area contributed by atoms with Gasteiger partial charge in [0, 0.05) is 0 Å². The van der Waals surface area contributed by atoms with Crippen molar-refractivity contribution in [1.82, 2.24) is 29.4 Å². The first-order valence-electron chi connectivity index (χ1n) is 10.5. The molecule has 208 valence electrons. The van der Waals surface area contributed by atoms with Crippen molar-refractivity contribution in [1.29, 1.82) is 0 Å². The number of nitrogens with one attached hydrogen (secondary N) is 2. The van der Waals surface area contributed by atoms with Crippen LogP contribution in [-0.4, -0.2) is 143 Å². The van der Waals surface area contributed by atoms with Gasteiger partial charge in [-0.25, -0.2) is 29.4 Å². The highest BCUT2D eigenvalue weighted by atomic mass is 35.5. The van der Waals surface area contributed by atoms with Crippen LogP contribution in [0.2, 0.25) is 0 Å². The van der Waals surface area contributed by atoms with Crippen molar-refractivity contribution >= 4 is 34.8 Å². The van der Waals surface area contributed by atoms with Gasteiger partial charge in [0.05, 0.1) is 50.1 Å². The van der Waals surface area contributed by atoms with Gasteiger partial charge in [0.1, 0.15) is 40.0 Å². The lowest BCUT2D eigenvalue weighted by atomic mass is 10.1. The van der Waals surface area contributed by atoms with Gasteiger partial charge in [0.2, 0.25) is 0 Å². The lowest BCUT2D eigenvalue weighted by Crippen LogP contribution is -3.21. The summed E-state index contributed by atoms with van der Waals surface area (Å²) in [7, 11) is 0. The van der Waals surface area contributed by atoms with Crippen LogP contribution in [0, 0.1) is 0 Å². The number of Topliss-reactive ketones (excluding diaryl/α,β-unsaturated/α-hetero) is 2. The second-order valence-electron chi connectivity index (χ2n) is 9.27. The summed E-state index contributed by atoms with van der Waals surface area (Å²) in [5.41, 5.74) is 0. The SMILES string of the molecule is C1N2CN3CN1C[NH+](C2)C3.C1N2CN3CN1C[NH+](C2)C3.O.O.O.O.O=C1C([O-])=C(Cl)C(=O)C([O-])=C1Cl. The second-order valence-corrected chi connectivity index (χ2v) is 10.0. The van der Waals surface area contributed by atoms with E-state index in [0.29, 0.717) is 0 Å². The molecule has 0 aromatic carbocycles. The molecule has 9 aliphatic rings. The third-order valence-electron chi connectivity index (χ3n) is 6.29. The summed E-state index contributed by atoms with van der Waals surface area (Å²) >= 11 is 10.2. The van der Waals surface area contributed by atoms with Gasteiger partial charge in [-0.3, -0.25) is 19.4 Å². The lowest BCUT2D eigenvalue weighted by molar-refractivity contribution is -0.958. The molecule has 36 heavy (non-hydrogen) atoms. The van der Waals surface area contributed by atoms with Crippen LogP contribution in [0.3, 0.4) is 0 Å². The van der Waals surface area contributed by atoms with Crippen LogP contribution in [0.5, 0.6) is 0 Å². The first kappa shape index (κ1) is 32.5. The van der Waals surface area contributed by atoms with Crippen molar-refractivity contribution in [3.8, 4) is 0 Å². The van der Waals surface area contributed by atoms with E-state index in [1.807, 2.05) is 0 Å². The third-order valence-corrected chi connectivity index (χ3v) is 6.98. The molecule has 8 fully saturated rings. The Morgan fingerprint density at radius 1 is 0.500 bits per heavy atom. The first-order valence-corrected chi connectivity index (χ1v) is 11.3. The summed E-state index contributed by atoms with van der Waals surface area (Å²) in [4.78, 5) is 39.8. The van der Waals surface area contributed by atoms with Gasteiger partial charge in [0.25, 0.3) is 0 Å². The van der Waals surface area contributed by atoms with Crippen molar-refractivity contribution in [3.05, 3.63) is 21.6 Å². The van der Waals surface area contributed by atoms with E-state index in [4.69, 9.17) is 23.2 Å². The topological polar surface area (TPSA) is 235 Å². The monoisotopic (exact) mass is 560 g/mol. The maximum absolute atomic E-state index is 10.7. The minimum absolute atomic E-state index is 0. The Balaban J connectivity index is 0.000000256. The second kappa shape index (κ2) is 12.9. The van der Waals surface area contributed by atoms with Crippen LogP contribution in [0.15, 0.2) is 21.6 Å². The molecule has 0 saturated carbocycles. The van der Waals surface area contributed by atoms with Crippen molar-refractivity contribution in [3.63, 3.8) is 0 Å². The van der Waals surface area contributed by atoms with Crippen LogP contribution >= 0.6 is 23.2 Å². The van der Waals surface area contributed by atoms with Crippen LogP contribution < -0.4 is 20.0 Å². The number of carbonyl (C=O) groups excluding carboxylic acids is 2. The summed E-state index contributed by atoms with van der Waals surface area (Å²) in [6.45, 7) is 14.9. The quantitative estimate of drug-likeness (QED) is 0.265. The third kappa shape index (κ3) is 6.50. The smallest absolute Gasteiger partial charge is 0.190 e. The Hall–Kier alpha value is -1.48. The average molecular weight is 561 g/mol. The van der Waals surface area contributed by atoms with Gasteiger partial charge in [-0.15, -0.1) is 0 Å². The zero-order valence-corrected chi connectivity index (χ0v) is 21.1. The minimum Gasteiger partial charge on any atom is -0.869 e. The zero-order chi connectivity index (χ0) is 22.6. The van der Waals surface area contributed by atoms with Gasteiger partial charge in [0.15, 0.2) is 11.6 Å². The van der Waals surface area contributed by atoms with E-state index in [1.54, 1.807) is 9.80 Å². The molecular formula is C18H34Cl2N8O8. The molecule has 8 aliphatic heterocycles. The number of nitrogens with zero attached hydrogens (tertiary/aromatic N) is 6. The van der Waals surface area contributed by atoms with Crippen molar-refractivity contribution < 1.29 is 51.5 Å². The minimum atomic E-state index is -1.23. The van der Waals surface area contributed by atoms with E-state index in [-0.39, 0.29) is 21.9 Å². The molecule has 0 unspecified atom stereocenters. The van der Waals surface area contributed by atoms with Crippen LogP contribution in [-0.2, 0) is 9.59 Å². The van der Waals surface area contributed by atoms with Gasteiger partial charge in [-0.2, -0.15) is 0 Å². The molecule has 1 aliphatic carbocycles. The molecule has 9 rings (SSSR count). The molecule has 10 N–H and O–H groups in total. The van der Waals surface area contributed by atoms with Gasteiger partial charge < -0.3 is 32.1 Å². The maximum Gasteiger partial charge on any atom is 0.190 e. The van der Waals surface area contributed by atoms with E-state index in [9.17, 15) is 19.8 Å². The van der Waals surface area contributed by atoms with Crippen LogP contribution in [0.25, 0.3) is 0 Å². The molecule has 0 aromatic rings. The van der Waals surface area contributed by atoms with Crippen molar-refractivity contribution in [2.24, 2.45) is 0 Å². The number of quaternary nitrogens is 2. The van der Waals surface area contributed by atoms with Crippen LogP contribution in [0.4, 0.5) is 0 Å². The molecular weight excluding hydrogens is 527 g/mol. The Morgan fingerprint density at radius 2 is 0.694 bits per heavy atom. The van der Waals surface area contributed by atoms with Gasteiger partial charge >= 0.3 is 0 Å². The number of carbonyl (C=O) groups is 2. The fourth-order valence-electron chi connectivity index (χ4n) is 5.37. The first-order chi connectivity index (χ1) is 15.3. The van der Waals surface area contributed by atoms with E-state index in [0.717, 1.165) is 0 Å². The Kier molecular flexibility index (Phi) is 11.6. The molecule has 0 radical (unpaired) electrons. The van der Waals surface area contributed by atoms with Crippen molar-refractivity contribution in [2.75, 3.05) is 80.0 Å². The number of allylic oxidation sites excluding steroid dienone is 2. The molecule has 0 spiro atoms. The predicted molar refractivity (Wildman–Crippen MR) is 122 cm³/mol. The number of ketones is 2. The van der Waals surface area contributed by atoms with Crippen molar-refractivity contribution in [2.45, 2.75) is 0 Å². The fraction of sp³-hybridized carbons (Fsp3) is 0.667. The number of halogens is 2. The highest BCUT2D eigenvalue weighted by Gasteiger charge is 2.40. The van der Waals surface area contributed by atoms with E-state index in [1.165, 1.54) is 80.0 Å². The molecule has 0 atom stereocenters. The summed E-state index contributed by atoms with van der Waals surface area (Å²) in [5, 5.41) is 19.6. The fourth-order valence-corrected chi connectivity index (χ4v) is 5.71. The largest absolute Gasteiger partial charge is 0.869 e. The van der Waals surface area contributed by atoms with Gasteiger partial charge in [-0.05, 0) is 11.5 Å². The number of hydrogen-bond donors (Lipinski definition) is 2. The maximum atomic E-state index is 10.7. The zero-order valence-electron chi connectivity index (χ0n) is 19.6. The molecule has 8 heterocycles. The standard InChI is InChI=1S/C6H2Cl2O4.2C6H12N4.4H2O/c7-1-3(9)5(11)2(8)6(12)4(1)10;2*1-7-2-9-4-8(1)5-10(3-7)6-9;;;;/h9,12H;2*1-6H2;4*1H2. The Morgan fingerprint density at radius 3 is 0.861 bits per heavy atom. The molecule has 16 nitrogen and oxygen atoms in total. The average Bonchev–Trinajstić information content (AvgIpc) is 2.74. The summed E-state index contributed by atoms with van der Waals surface area (Å²) in [6, 6.07) is 0.